The Morgan fingerprint density at radius 2 is 1.71 bits per heavy atom. The van der Waals surface area contributed by atoms with E-state index in [-0.39, 0.29) is 23.5 Å². The van der Waals surface area contributed by atoms with E-state index in [4.69, 9.17) is 9.15 Å². The lowest BCUT2D eigenvalue weighted by Gasteiger charge is -2.32. The van der Waals surface area contributed by atoms with Crippen LogP contribution in [0.4, 0.5) is 5.69 Å². The number of carbonyl (C=O) groups is 3. The van der Waals surface area contributed by atoms with Gasteiger partial charge in [-0.05, 0) is 61.7 Å². The van der Waals surface area contributed by atoms with Crippen LogP contribution in [0.1, 0.15) is 65.1 Å². The number of hydrogen-bond acceptors (Lipinski definition) is 5. The molecule has 1 fully saturated rings. The monoisotopic (exact) mass is 460 g/mol. The molecule has 0 saturated heterocycles. The van der Waals surface area contributed by atoms with Gasteiger partial charge in [-0.3, -0.25) is 19.3 Å². The van der Waals surface area contributed by atoms with Crippen LogP contribution in [0.5, 0.6) is 5.75 Å². The number of furan rings is 1. The van der Waals surface area contributed by atoms with Crippen molar-refractivity contribution in [3.05, 3.63) is 83.8 Å². The number of carbonyl (C=O) groups excluding carboxylic acids is 3. The Kier molecular flexibility index (Phi) is 7.11. The van der Waals surface area contributed by atoms with Crippen molar-refractivity contribution in [2.24, 2.45) is 0 Å². The zero-order valence-corrected chi connectivity index (χ0v) is 19.3. The van der Waals surface area contributed by atoms with Crippen molar-refractivity contribution in [1.82, 2.24) is 5.32 Å². The molecule has 0 spiro atoms. The van der Waals surface area contributed by atoms with Crippen LogP contribution in [-0.2, 0) is 4.79 Å². The van der Waals surface area contributed by atoms with E-state index < -0.39 is 11.9 Å². The van der Waals surface area contributed by atoms with Gasteiger partial charge in [0.25, 0.3) is 5.91 Å². The molecule has 1 saturated carbocycles. The molecular formula is C27H28N2O5. The molecule has 0 radical (unpaired) electrons. The summed E-state index contributed by atoms with van der Waals surface area (Å²) in [6, 6.07) is 16.0. The number of hydrogen-bond donors (Lipinski definition) is 1. The normalized spacial score (nSPS) is 14.4. The van der Waals surface area contributed by atoms with Crippen molar-refractivity contribution in [3.63, 3.8) is 0 Å². The molecule has 1 heterocycles. The summed E-state index contributed by atoms with van der Waals surface area (Å²) in [6.45, 7) is 1.44. The number of nitrogens with one attached hydrogen (secondary N) is 1. The molecule has 176 valence electrons. The van der Waals surface area contributed by atoms with Gasteiger partial charge in [0.15, 0.2) is 11.5 Å². The molecule has 7 nitrogen and oxygen atoms in total. The van der Waals surface area contributed by atoms with Crippen LogP contribution in [0.15, 0.2) is 71.3 Å². The van der Waals surface area contributed by atoms with E-state index in [2.05, 4.69) is 5.32 Å². The van der Waals surface area contributed by atoms with Crippen molar-refractivity contribution in [2.75, 3.05) is 12.0 Å². The fourth-order valence-electron chi connectivity index (χ4n) is 4.42. The maximum absolute atomic E-state index is 13.8. The van der Waals surface area contributed by atoms with Crippen molar-refractivity contribution in [3.8, 4) is 5.75 Å². The summed E-state index contributed by atoms with van der Waals surface area (Å²) in [5.41, 5.74) is 1.28. The summed E-state index contributed by atoms with van der Waals surface area (Å²) >= 11 is 0. The van der Waals surface area contributed by atoms with Crippen LogP contribution in [-0.4, -0.2) is 30.7 Å². The summed E-state index contributed by atoms with van der Waals surface area (Å²) in [4.78, 5) is 41.4. The number of amides is 2. The Hall–Kier alpha value is -3.87. The Balaban J connectivity index is 1.86. The summed E-state index contributed by atoms with van der Waals surface area (Å²) in [6.07, 6.45) is 5.32. The van der Waals surface area contributed by atoms with Gasteiger partial charge in [0.2, 0.25) is 5.91 Å². The fraction of sp³-hybridized carbons (Fsp3) is 0.296. The summed E-state index contributed by atoms with van der Waals surface area (Å²) in [5.74, 6) is -0.328. The van der Waals surface area contributed by atoms with Gasteiger partial charge in [0, 0.05) is 11.6 Å². The number of ether oxygens (including phenoxy) is 1. The Morgan fingerprint density at radius 3 is 2.32 bits per heavy atom. The van der Waals surface area contributed by atoms with Crippen molar-refractivity contribution >= 4 is 23.3 Å². The van der Waals surface area contributed by atoms with E-state index >= 15 is 0 Å². The van der Waals surface area contributed by atoms with E-state index in [1.807, 2.05) is 0 Å². The first-order valence-electron chi connectivity index (χ1n) is 11.4. The second kappa shape index (κ2) is 10.4. The first-order valence-corrected chi connectivity index (χ1v) is 11.4. The molecule has 4 rings (SSSR count). The summed E-state index contributed by atoms with van der Waals surface area (Å²) in [7, 11) is 1.56. The minimum absolute atomic E-state index is 0.0527. The average Bonchev–Trinajstić information content (AvgIpc) is 3.57. The number of ketones is 1. The van der Waals surface area contributed by atoms with Crippen LogP contribution in [0.2, 0.25) is 0 Å². The number of nitrogens with zero attached hydrogens (tertiary/aromatic N) is 1. The lowest BCUT2D eigenvalue weighted by atomic mass is 9.99. The summed E-state index contributed by atoms with van der Waals surface area (Å²) in [5, 5.41) is 3.13. The third-order valence-corrected chi connectivity index (χ3v) is 6.13. The lowest BCUT2D eigenvalue weighted by molar-refractivity contribution is -0.123. The van der Waals surface area contributed by atoms with Crippen LogP contribution in [0, 0.1) is 0 Å². The smallest absolute Gasteiger partial charge is 0.294 e. The molecule has 1 N–H and O–H groups in total. The molecule has 3 aromatic rings. The molecule has 0 aliphatic heterocycles. The quantitative estimate of drug-likeness (QED) is 0.481. The lowest BCUT2D eigenvalue weighted by Crippen LogP contribution is -2.46. The molecule has 1 aliphatic carbocycles. The third-order valence-electron chi connectivity index (χ3n) is 6.13. The first-order chi connectivity index (χ1) is 16.5. The van der Waals surface area contributed by atoms with Gasteiger partial charge in [-0.2, -0.15) is 0 Å². The maximum Gasteiger partial charge on any atom is 0.294 e. The van der Waals surface area contributed by atoms with Crippen molar-refractivity contribution in [2.45, 2.75) is 44.7 Å². The van der Waals surface area contributed by atoms with E-state index in [1.165, 1.54) is 18.1 Å². The predicted molar refractivity (Wildman–Crippen MR) is 128 cm³/mol. The standard InChI is InChI=1S/C27H28N2O5/c1-18(30)22-10-5-6-11-23(22)29(27(32)24-12-7-17-34-24)25(19-13-15-21(33-2)16-14-19)26(31)28-20-8-3-4-9-20/h5-7,10-17,20,25H,3-4,8-9H2,1-2H3,(H,28,31)/t25-/m1/s1. The number of rotatable bonds is 8. The molecule has 7 heteroatoms. The van der Waals surface area contributed by atoms with E-state index in [1.54, 1.807) is 67.8 Å². The van der Waals surface area contributed by atoms with Gasteiger partial charge >= 0.3 is 0 Å². The van der Waals surface area contributed by atoms with Gasteiger partial charge in [-0.25, -0.2) is 0 Å². The molecule has 0 unspecified atom stereocenters. The van der Waals surface area contributed by atoms with Gasteiger partial charge < -0.3 is 14.5 Å². The van der Waals surface area contributed by atoms with Crippen LogP contribution in [0.25, 0.3) is 0 Å². The Morgan fingerprint density at radius 1 is 1.00 bits per heavy atom. The highest BCUT2D eigenvalue weighted by Gasteiger charge is 2.37. The van der Waals surface area contributed by atoms with E-state index in [0.717, 1.165) is 25.7 Å². The Bertz CT molecular complexity index is 1150. The summed E-state index contributed by atoms with van der Waals surface area (Å²) < 4.78 is 10.7. The van der Waals surface area contributed by atoms with Crippen molar-refractivity contribution in [1.29, 1.82) is 0 Å². The second-order valence-corrected chi connectivity index (χ2v) is 8.39. The number of para-hydroxylation sites is 1. The van der Waals surface area contributed by atoms with Crippen LogP contribution < -0.4 is 15.0 Å². The number of benzene rings is 2. The zero-order chi connectivity index (χ0) is 24.1. The van der Waals surface area contributed by atoms with E-state index in [0.29, 0.717) is 22.6 Å². The largest absolute Gasteiger partial charge is 0.497 e. The molecule has 0 bridgehead atoms. The highest BCUT2D eigenvalue weighted by atomic mass is 16.5. The molecule has 2 amide bonds. The van der Waals surface area contributed by atoms with Crippen molar-refractivity contribution < 1.29 is 23.5 Å². The molecule has 34 heavy (non-hydrogen) atoms. The minimum atomic E-state index is -1.02. The average molecular weight is 461 g/mol. The Labute approximate surface area is 198 Å². The second-order valence-electron chi connectivity index (χ2n) is 8.39. The maximum atomic E-state index is 13.8. The SMILES string of the molecule is COc1ccc([C@H](C(=O)NC2CCCC2)N(C(=O)c2ccco2)c2ccccc2C(C)=O)cc1. The predicted octanol–water partition coefficient (Wildman–Crippen LogP) is 4.94. The molecule has 1 aliphatic rings. The minimum Gasteiger partial charge on any atom is -0.497 e. The highest BCUT2D eigenvalue weighted by Crippen LogP contribution is 2.34. The van der Waals surface area contributed by atoms with Gasteiger partial charge in [-0.15, -0.1) is 0 Å². The zero-order valence-electron chi connectivity index (χ0n) is 19.3. The topological polar surface area (TPSA) is 88.8 Å². The van der Waals surface area contributed by atoms with Gasteiger partial charge in [-0.1, -0.05) is 37.1 Å². The fourth-order valence-corrected chi connectivity index (χ4v) is 4.42. The highest BCUT2D eigenvalue weighted by molar-refractivity contribution is 6.12. The van der Waals surface area contributed by atoms with E-state index in [9.17, 15) is 14.4 Å². The van der Waals surface area contributed by atoms with Crippen LogP contribution in [0.3, 0.4) is 0 Å². The molecule has 1 atom stereocenters. The molecule has 2 aromatic carbocycles. The third kappa shape index (κ3) is 4.88. The van der Waals surface area contributed by atoms with Gasteiger partial charge in [0.1, 0.15) is 11.8 Å². The molecular weight excluding hydrogens is 432 g/mol. The van der Waals surface area contributed by atoms with Crippen LogP contribution >= 0.6 is 0 Å². The number of Topliss-reactive ketones (excluding diaryl/α,β-unsaturated/α-hetero) is 1. The number of methoxy groups -OCH3 is 1. The van der Waals surface area contributed by atoms with Gasteiger partial charge in [0.05, 0.1) is 19.1 Å². The molecule has 1 aromatic heterocycles. The first kappa shape index (κ1) is 23.3. The number of anilines is 1.